The molecule has 0 aliphatic rings. The second-order valence-corrected chi connectivity index (χ2v) is 6.06. The fourth-order valence-electron chi connectivity index (χ4n) is 1.48. The zero-order chi connectivity index (χ0) is 12.9. The fourth-order valence-corrected chi connectivity index (χ4v) is 1.85. The lowest BCUT2D eigenvalue weighted by Crippen LogP contribution is -2.16. The van der Waals surface area contributed by atoms with E-state index in [4.69, 9.17) is 34.8 Å². The Balaban J connectivity index is 2.61. The molecule has 0 bridgehead atoms. The van der Waals surface area contributed by atoms with Crippen LogP contribution in [0.3, 0.4) is 0 Å². The van der Waals surface area contributed by atoms with Crippen LogP contribution in [0.4, 0.5) is 0 Å². The van der Waals surface area contributed by atoms with Crippen molar-refractivity contribution in [2.45, 2.75) is 23.2 Å². The largest absolute Gasteiger partial charge is 0.388 e. The molecule has 0 radical (unpaired) electrons. The van der Waals surface area contributed by atoms with E-state index in [1.54, 1.807) is 24.3 Å². The summed E-state index contributed by atoms with van der Waals surface area (Å²) in [7, 11) is 0. The number of hydrogen-bond acceptors (Lipinski definition) is 2. The molecule has 17 heavy (non-hydrogen) atoms. The van der Waals surface area contributed by atoms with E-state index < -0.39 is 9.90 Å². The molecule has 0 saturated carbocycles. The second kappa shape index (κ2) is 6.81. The van der Waals surface area contributed by atoms with E-state index in [0.717, 1.165) is 18.7 Å². The fraction of sp³-hybridized carbons (Fsp3) is 0.500. The SMILES string of the molecule is CCNCCC(O)c1ccc(C(Cl)(Cl)Cl)cc1. The van der Waals surface area contributed by atoms with E-state index in [1.807, 2.05) is 6.92 Å². The van der Waals surface area contributed by atoms with Crippen molar-refractivity contribution in [3.8, 4) is 0 Å². The van der Waals surface area contributed by atoms with Gasteiger partial charge in [-0.2, -0.15) is 0 Å². The van der Waals surface area contributed by atoms with Gasteiger partial charge in [-0.1, -0.05) is 66.0 Å². The quantitative estimate of drug-likeness (QED) is 0.643. The van der Waals surface area contributed by atoms with Crippen molar-refractivity contribution in [1.29, 1.82) is 0 Å². The Kier molecular flexibility index (Phi) is 6.04. The monoisotopic (exact) mass is 295 g/mol. The van der Waals surface area contributed by atoms with Crippen LogP contribution in [-0.4, -0.2) is 18.2 Å². The molecule has 1 atom stereocenters. The lowest BCUT2D eigenvalue weighted by molar-refractivity contribution is 0.167. The Labute approximate surface area is 117 Å². The predicted octanol–water partition coefficient (Wildman–Crippen LogP) is 3.55. The Morgan fingerprint density at radius 1 is 1.24 bits per heavy atom. The standard InChI is InChI=1S/C12H16Cl3NO/c1-2-16-8-7-11(17)9-3-5-10(6-4-9)12(13,14)15/h3-6,11,16-17H,2,7-8H2,1H3. The first-order valence-corrected chi connectivity index (χ1v) is 6.64. The predicted molar refractivity (Wildman–Crippen MR) is 73.8 cm³/mol. The smallest absolute Gasteiger partial charge is 0.216 e. The van der Waals surface area contributed by atoms with Gasteiger partial charge in [0.15, 0.2) is 0 Å². The van der Waals surface area contributed by atoms with Crippen LogP contribution in [-0.2, 0) is 3.79 Å². The van der Waals surface area contributed by atoms with Gasteiger partial charge in [0.25, 0.3) is 0 Å². The van der Waals surface area contributed by atoms with E-state index in [2.05, 4.69) is 5.32 Å². The van der Waals surface area contributed by atoms with Gasteiger partial charge in [0.2, 0.25) is 3.79 Å². The number of aliphatic hydroxyl groups excluding tert-OH is 1. The molecule has 0 aromatic heterocycles. The molecule has 0 aliphatic heterocycles. The van der Waals surface area contributed by atoms with Crippen LogP contribution in [0.2, 0.25) is 0 Å². The number of halogens is 3. The zero-order valence-corrected chi connectivity index (χ0v) is 11.9. The molecular formula is C12H16Cl3NO. The summed E-state index contributed by atoms with van der Waals surface area (Å²) in [5.74, 6) is 0. The number of alkyl halides is 3. The van der Waals surface area contributed by atoms with Crippen LogP contribution in [0.15, 0.2) is 24.3 Å². The number of aliphatic hydroxyl groups is 1. The Bertz CT molecular complexity index is 335. The third-order valence-corrected chi connectivity index (χ3v) is 3.12. The summed E-state index contributed by atoms with van der Waals surface area (Å²) in [6.07, 6.45) is 0.180. The number of benzene rings is 1. The molecule has 2 nitrogen and oxygen atoms in total. The summed E-state index contributed by atoms with van der Waals surface area (Å²) in [5.41, 5.74) is 1.44. The molecule has 0 heterocycles. The molecule has 0 saturated heterocycles. The van der Waals surface area contributed by atoms with Crippen LogP contribution in [0.1, 0.15) is 30.6 Å². The number of hydrogen-bond donors (Lipinski definition) is 2. The summed E-state index contributed by atoms with van der Waals surface area (Å²) >= 11 is 17.3. The molecule has 1 rings (SSSR count). The van der Waals surface area contributed by atoms with Crippen molar-refractivity contribution >= 4 is 34.8 Å². The maximum atomic E-state index is 9.90. The molecule has 0 amide bonds. The summed E-state index contributed by atoms with van der Waals surface area (Å²) in [5, 5.41) is 13.1. The first-order valence-electron chi connectivity index (χ1n) is 5.51. The van der Waals surface area contributed by atoms with Crippen LogP contribution < -0.4 is 5.32 Å². The van der Waals surface area contributed by atoms with E-state index in [-0.39, 0.29) is 0 Å². The van der Waals surface area contributed by atoms with Crippen molar-refractivity contribution in [2.75, 3.05) is 13.1 Å². The van der Waals surface area contributed by atoms with E-state index in [0.29, 0.717) is 12.0 Å². The lowest BCUT2D eigenvalue weighted by atomic mass is 10.0. The molecule has 1 unspecified atom stereocenters. The van der Waals surface area contributed by atoms with Crippen LogP contribution in [0, 0.1) is 0 Å². The Morgan fingerprint density at radius 2 is 1.82 bits per heavy atom. The molecule has 5 heteroatoms. The van der Waals surface area contributed by atoms with Gasteiger partial charge >= 0.3 is 0 Å². The van der Waals surface area contributed by atoms with Crippen molar-refractivity contribution in [3.05, 3.63) is 35.4 Å². The second-order valence-electron chi connectivity index (χ2n) is 3.78. The van der Waals surface area contributed by atoms with Crippen molar-refractivity contribution in [1.82, 2.24) is 5.32 Å². The summed E-state index contributed by atoms with van der Waals surface area (Å²) in [6, 6.07) is 7.01. The first-order chi connectivity index (χ1) is 7.95. The molecule has 2 N–H and O–H groups in total. The third-order valence-electron chi connectivity index (χ3n) is 2.47. The van der Waals surface area contributed by atoms with E-state index >= 15 is 0 Å². The Morgan fingerprint density at radius 3 is 2.29 bits per heavy atom. The van der Waals surface area contributed by atoms with Gasteiger partial charge < -0.3 is 10.4 Å². The van der Waals surface area contributed by atoms with Crippen molar-refractivity contribution in [2.24, 2.45) is 0 Å². The summed E-state index contributed by atoms with van der Waals surface area (Å²) in [4.78, 5) is 0. The maximum absolute atomic E-state index is 9.90. The van der Waals surface area contributed by atoms with E-state index in [1.165, 1.54) is 0 Å². The highest BCUT2D eigenvalue weighted by atomic mass is 35.6. The van der Waals surface area contributed by atoms with Crippen LogP contribution >= 0.6 is 34.8 Å². The highest BCUT2D eigenvalue weighted by Gasteiger charge is 2.22. The van der Waals surface area contributed by atoms with Gasteiger partial charge in [-0.15, -0.1) is 0 Å². The average molecular weight is 297 g/mol. The molecule has 0 aliphatic carbocycles. The van der Waals surface area contributed by atoms with Gasteiger partial charge in [-0.3, -0.25) is 0 Å². The maximum Gasteiger partial charge on any atom is 0.216 e. The van der Waals surface area contributed by atoms with Gasteiger partial charge in [0.05, 0.1) is 6.10 Å². The summed E-state index contributed by atoms with van der Waals surface area (Å²) in [6.45, 7) is 3.71. The van der Waals surface area contributed by atoms with E-state index in [9.17, 15) is 5.11 Å². The molecule has 1 aromatic carbocycles. The summed E-state index contributed by atoms with van der Waals surface area (Å²) < 4.78 is -1.41. The first kappa shape index (κ1) is 15.1. The third kappa shape index (κ3) is 5.02. The van der Waals surface area contributed by atoms with Gasteiger partial charge in [-0.25, -0.2) is 0 Å². The van der Waals surface area contributed by atoms with Crippen LogP contribution in [0.5, 0.6) is 0 Å². The minimum atomic E-state index is -1.41. The minimum Gasteiger partial charge on any atom is -0.388 e. The molecular weight excluding hydrogens is 280 g/mol. The molecule has 96 valence electrons. The van der Waals surface area contributed by atoms with Crippen molar-refractivity contribution < 1.29 is 5.11 Å². The van der Waals surface area contributed by atoms with Gasteiger partial charge in [-0.05, 0) is 25.1 Å². The zero-order valence-electron chi connectivity index (χ0n) is 9.59. The normalized spacial score (nSPS) is 13.7. The molecule has 0 spiro atoms. The van der Waals surface area contributed by atoms with Gasteiger partial charge in [0.1, 0.15) is 0 Å². The molecule has 1 aromatic rings. The molecule has 0 fully saturated rings. The van der Waals surface area contributed by atoms with Gasteiger partial charge in [0, 0.05) is 5.56 Å². The topological polar surface area (TPSA) is 32.3 Å². The minimum absolute atomic E-state index is 0.488. The lowest BCUT2D eigenvalue weighted by Gasteiger charge is -2.14. The highest BCUT2D eigenvalue weighted by Crippen LogP contribution is 2.38. The number of nitrogens with one attached hydrogen (secondary N) is 1. The highest BCUT2D eigenvalue weighted by molar-refractivity contribution is 6.66. The Hall–Kier alpha value is 0.01000. The number of rotatable bonds is 5. The average Bonchev–Trinajstić information content (AvgIpc) is 2.28. The van der Waals surface area contributed by atoms with Crippen LogP contribution in [0.25, 0.3) is 0 Å². The van der Waals surface area contributed by atoms with Crippen molar-refractivity contribution in [3.63, 3.8) is 0 Å².